The molecule has 5 aromatic rings. The monoisotopic (exact) mass is 462 g/mol. The third kappa shape index (κ3) is 4.39. The van der Waals surface area contributed by atoms with E-state index in [9.17, 15) is 14.4 Å². The fourth-order valence-electron chi connectivity index (χ4n) is 4.17. The second-order valence-corrected chi connectivity index (χ2v) is 8.18. The first kappa shape index (κ1) is 22.0. The molecule has 0 aliphatic heterocycles. The van der Waals surface area contributed by atoms with Crippen molar-refractivity contribution in [3.05, 3.63) is 118 Å². The lowest BCUT2D eigenvalue weighted by molar-refractivity contribution is -0.121. The number of hydrogen-bond donors (Lipinski definition) is 2. The summed E-state index contributed by atoms with van der Waals surface area (Å²) in [5.74, 6) is -0.231. The molecular formula is C28H22N4O3. The quantitative estimate of drug-likeness (QED) is 0.397. The van der Waals surface area contributed by atoms with Crippen LogP contribution in [0.25, 0.3) is 27.4 Å². The van der Waals surface area contributed by atoms with Gasteiger partial charge in [-0.05, 0) is 59.7 Å². The van der Waals surface area contributed by atoms with Crippen LogP contribution in [0.4, 0.5) is 0 Å². The molecule has 1 heterocycles. The number of nitrogens with one attached hydrogen (secondary N) is 2. The highest BCUT2D eigenvalue weighted by molar-refractivity contribution is 5.96. The van der Waals surface area contributed by atoms with Crippen molar-refractivity contribution in [2.24, 2.45) is 0 Å². The van der Waals surface area contributed by atoms with Crippen molar-refractivity contribution >= 4 is 33.5 Å². The maximum absolute atomic E-state index is 13.0. The van der Waals surface area contributed by atoms with Gasteiger partial charge in [0.1, 0.15) is 5.82 Å². The van der Waals surface area contributed by atoms with Gasteiger partial charge in [0, 0.05) is 5.56 Å². The number of rotatable bonds is 4. The molecule has 1 aromatic heterocycles. The number of hydrogen-bond acceptors (Lipinski definition) is 4. The first-order chi connectivity index (χ1) is 17.0. The van der Waals surface area contributed by atoms with E-state index >= 15 is 0 Å². The Morgan fingerprint density at radius 3 is 2.29 bits per heavy atom. The van der Waals surface area contributed by atoms with Crippen LogP contribution in [-0.2, 0) is 11.2 Å². The molecule has 5 rings (SSSR count). The standard InChI is InChI=1S/C28H22N4O3/c1-18-29-25-12-5-4-11-24(25)28(35)32(18)22-15-13-20(14-16-22)27(34)31-30-26(33)17-21-9-6-8-19-7-2-3-10-23(19)21/h2-16H,17H2,1H3,(H,30,33)(H,31,34). The number of amides is 2. The lowest BCUT2D eigenvalue weighted by Crippen LogP contribution is -2.42. The van der Waals surface area contributed by atoms with Crippen molar-refractivity contribution in [3.8, 4) is 5.69 Å². The molecule has 7 nitrogen and oxygen atoms in total. The molecule has 0 unspecified atom stereocenters. The summed E-state index contributed by atoms with van der Waals surface area (Å²) in [6.07, 6.45) is 0.137. The molecule has 4 aromatic carbocycles. The van der Waals surface area contributed by atoms with Crippen molar-refractivity contribution in [2.45, 2.75) is 13.3 Å². The number of para-hydroxylation sites is 1. The van der Waals surface area contributed by atoms with Gasteiger partial charge in [0.25, 0.3) is 11.5 Å². The second-order valence-electron chi connectivity index (χ2n) is 8.18. The molecule has 0 atom stereocenters. The molecule has 172 valence electrons. The number of nitrogens with zero attached hydrogens (tertiary/aromatic N) is 2. The average molecular weight is 463 g/mol. The van der Waals surface area contributed by atoms with Crippen LogP contribution in [-0.4, -0.2) is 21.4 Å². The predicted molar refractivity (Wildman–Crippen MR) is 135 cm³/mol. The predicted octanol–water partition coefficient (Wildman–Crippen LogP) is 3.85. The summed E-state index contributed by atoms with van der Waals surface area (Å²) in [5.41, 5.74) is 7.22. The van der Waals surface area contributed by atoms with E-state index in [4.69, 9.17) is 0 Å². The first-order valence-electron chi connectivity index (χ1n) is 11.2. The van der Waals surface area contributed by atoms with Crippen molar-refractivity contribution in [3.63, 3.8) is 0 Å². The van der Waals surface area contributed by atoms with Crippen molar-refractivity contribution < 1.29 is 9.59 Å². The highest BCUT2D eigenvalue weighted by Crippen LogP contribution is 2.19. The lowest BCUT2D eigenvalue weighted by Gasteiger charge is -2.12. The zero-order chi connectivity index (χ0) is 24.4. The van der Waals surface area contributed by atoms with E-state index in [2.05, 4.69) is 15.8 Å². The van der Waals surface area contributed by atoms with Gasteiger partial charge in [-0.15, -0.1) is 0 Å². The van der Waals surface area contributed by atoms with E-state index in [1.165, 1.54) is 4.57 Å². The first-order valence-corrected chi connectivity index (χ1v) is 11.2. The maximum Gasteiger partial charge on any atom is 0.269 e. The molecule has 0 saturated heterocycles. The summed E-state index contributed by atoms with van der Waals surface area (Å²) < 4.78 is 1.51. The van der Waals surface area contributed by atoms with Crippen LogP contribution >= 0.6 is 0 Å². The van der Waals surface area contributed by atoms with Gasteiger partial charge in [-0.1, -0.05) is 54.6 Å². The number of fused-ring (bicyclic) bond motifs is 2. The van der Waals surface area contributed by atoms with Crippen LogP contribution in [0.1, 0.15) is 21.7 Å². The van der Waals surface area contributed by atoms with Crippen LogP contribution < -0.4 is 16.4 Å². The Hall–Kier alpha value is -4.78. The summed E-state index contributed by atoms with van der Waals surface area (Å²) >= 11 is 0. The molecule has 35 heavy (non-hydrogen) atoms. The molecule has 0 radical (unpaired) electrons. The van der Waals surface area contributed by atoms with Gasteiger partial charge in [0.15, 0.2) is 0 Å². The van der Waals surface area contributed by atoms with Gasteiger partial charge in [-0.3, -0.25) is 29.8 Å². The molecule has 0 bridgehead atoms. The highest BCUT2D eigenvalue weighted by Gasteiger charge is 2.12. The Morgan fingerprint density at radius 1 is 0.800 bits per heavy atom. The number of hydrazine groups is 1. The zero-order valence-electron chi connectivity index (χ0n) is 19.0. The topological polar surface area (TPSA) is 93.1 Å². The van der Waals surface area contributed by atoms with Crippen LogP contribution in [0.5, 0.6) is 0 Å². The van der Waals surface area contributed by atoms with E-state index in [0.717, 1.165) is 16.3 Å². The van der Waals surface area contributed by atoms with Crippen LogP contribution in [0.15, 0.2) is 95.8 Å². The molecule has 0 aliphatic rings. The van der Waals surface area contributed by atoms with Gasteiger partial charge in [-0.2, -0.15) is 0 Å². The fourth-order valence-corrected chi connectivity index (χ4v) is 4.17. The van der Waals surface area contributed by atoms with Crippen LogP contribution in [0.3, 0.4) is 0 Å². The summed E-state index contributed by atoms with van der Waals surface area (Å²) in [7, 11) is 0. The van der Waals surface area contributed by atoms with E-state index < -0.39 is 5.91 Å². The van der Waals surface area contributed by atoms with E-state index in [-0.39, 0.29) is 17.9 Å². The van der Waals surface area contributed by atoms with Crippen LogP contribution in [0, 0.1) is 6.92 Å². The molecule has 2 amide bonds. The largest absolute Gasteiger partial charge is 0.273 e. The normalized spacial score (nSPS) is 10.9. The lowest BCUT2D eigenvalue weighted by atomic mass is 10.0. The minimum Gasteiger partial charge on any atom is -0.273 e. The minimum atomic E-state index is -0.455. The number of aromatic nitrogens is 2. The molecule has 2 N–H and O–H groups in total. The summed E-state index contributed by atoms with van der Waals surface area (Å²) in [6, 6.07) is 27.4. The van der Waals surface area contributed by atoms with Crippen LogP contribution in [0.2, 0.25) is 0 Å². The Balaban J connectivity index is 1.28. The minimum absolute atomic E-state index is 0.137. The maximum atomic E-state index is 13.0. The van der Waals surface area contributed by atoms with Gasteiger partial charge < -0.3 is 0 Å². The van der Waals surface area contributed by atoms with Gasteiger partial charge in [0.2, 0.25) is 5.91 Å². The Morgan fingerprint density at radius 2 is 1.49 bits per heavy atom. The van der Waals surface area contributed by atoms with Gasteiger partial charge in [0.05, 0.1) is 23.0 Å². The molecule has 7 heteroatoms. The summed E-state index contributed by atoms with van der Waals surface area (Å²) in [5, 5.41) is 2.58. The highest BCUT2D eigenvalue weighted by atomic mass is 16.2. The van der Waals surface area contributed by atoms with E-state index in [1.54, 1.807) is 49.4 Å². The SMILES string of the molecule is Cc1nc2ccccc2c(=O)n1-c1ccc(C(=O)NNC(=O)Cc2cccc3ccccc23)cc1. The number of aryl methyl sites for hydroxylation is 1. The Kier molecular flexibility index (Phi) is 5.81. The molecule has 0 fully saturated rings. The molecular weight excluding hydrogens is 440 g/mol. The van der Waals surface area contributed by atoms with Crippen molar-refractivity contribution in [1.29, 1.82) is 0 Å². The summed E-state index contributed by atoms with van der Waals surface area (Å²) in [4.78, 5) is 42.5. The number of carbonyl (C=O) groups excluding carboxylic acids is 2. The van der Waals surface area contributed by atoms with Gasteiger partial charge in [-0.25, -0.2) is 4.98 Å². The molecule has 0 aliphatic carbocycles. The number of carbonyl (C=O) groups is 2. The smallest absolute Gasteiger partial charge is 0.269 e. The van der Waals surface area contributed by atoms with E-state index in [0.29, 0.717) is 28.0 Å². The summed E-state index contributed by atoms with van der Waals surface area (Å²) in [6.45, 7) is 1.76. The average Bonchev–Trinajstić information content (AvgIpc) is 2.88. The number of benzene rings is 4. The second kappa shape index (κ2) is 9.23. The Labute approximate surface area is 201 Å². The Bertz CT molecular complexity index is 1630. The van der Waals surface area contributed by atoms with Crippen molar-refractivity contribution in [1.82, 2.24) is 20.4 Å². The van der Waals surface area contributed by atoms with Crippen molar-refractivity contribution in [2.75, 3.05) is 0 Å². The zero-order valence-corrected chi connectivity index (χ0v) is 19.0. The fraction of sp³-hybridized carbons (Fsp3) is 0.0714. The third-order valence-electron chi connectivity index (χ3n) is 5.88. The molecule has 0 spiro atoms. The molecule has 0 saturated carbocycles. The third-order valence-corrected chi connectivity index (χ3v) is 5.88. The van der Waals surface area contributed by atoms with E-state index in [1.807, 2.05) is 48.5 Å². The van der Waals surface area contributed by atoms with Gasteiger partial charge >= 0.3 is 0 Å².